The molecule has 1 aromatic carbocycles. The Labute approximate surface area is 149 Å². The van der Waals surface area contributed by atoms with Gasteiger partial charge in [-0.3, -0.25) is 9.97 Å². The second-order valence-electron chi connectivity index (χ2n) is 5.66. The van der Waals surface area contributed by atoms with Gasteiger partial charge in [0.2, 0.25) is 0 Å². The van der Waals surface area contributed by atoms with Gasteiger partial charge in [0, 0.05) is 29.5 Å². The number of nitrogens with one attached hydrogen (secondary N) is 1. The zero-order valence-corrected chi connectivity index (χ0v) is 14.3. The molecule has 0 fully saturated rings. The summed E-state index contributed by atoms with van der Waals surface area (Å²) in [6, 6.07) is 5.38. The number of aromatic nitrogens is 4. The first kappa shape index (κ1) is 15.4. The van der Waals surface area contributed by atoms with Crippen molar-refractivity contribution in [2.24, 2.45) is 0 Å². The largest absolute Gasteiger partial charge is 0.370 e. The number of nitrogens with zero attached hydrogens (tertiary/aromatic N) is 4. The summed E-state index contributed by atoms with van der Waals surface area (Å²) in [7, 11) is 0. The number of rotatable bonds is 2. The maximum absolute atomic E-state index is 6.39. The standard InChI is InChI=1S/C17H15Cl2N5/c18-11-4-5-13(19)15(9-11)24-17-12(3-1-2-6-22-17)16(23-24)14-10-20-7-8-21-14/h4-5,7-10,22H,1-3,6H2. The molecule has 1 aliphatic rings. The maximum atomic E-state index is 6.39. The van der Waals surface area contributed by atoms with Gasteiger partial charge in [-0.1, -0.05) is 23.2 Å². The second-order valence-corrected chi connectivity index (χ2v) is 6.50. The predicted molar refractivity (Wildman–Crippen MR) is 96.0 cm³/mol. The molecular formula is C17H15Cl2N5. The second kappa shape index (κ2) is 6.42. The third kappa shape index (κ3) is 2.74. The summed E-state index contributed by atoms with van der Waals surface area (Å²) in [6.07, 6.45) is 8.21. The molecule has 7 heteroatoms. The summed E-state index contributed by atoms with van der Waals surface area (Å²) >= 11 is 12.6. The minimum atomic E-state index is 0.599. The van der Waals surface area contributed by atoms with Gasteiger partial charge < -0.3 is 5.32 Å². The van der Waals surface area contributed by atoms with Crippen molar-refractivity contribution in [1.82, 2.24) is 19.7 Å². The molecule has 0 spiro atoms. The Morgan fingerprint density at radius 2 is 2.04 bits per heavy atom. The molecule has 3 heterocycles. The van der Waals surface area contributed by atoms with E-state index in [-0.39, 0.29) is 0 Å². The molecule has 122 valence electrons. The minimum absolute atomic E-state index is 0.599. The number of halogens is 2. The van der Waals surface area contributed by atoms with Gasteiger partial charge in [0.15, 0.2) is 0 Å². The van der Waals surface area contributed by atoms with E-state index in [1.807, 2.05) is 10.7 Å². The topological polar surface area (TPSA) is 55.6 Å². The van der Waals surface area contributed by atoms with E-state index >= 15 is 0 Å². The quantitative estimate of drug-likeness (QED) is 0.737. The molecule has 0 bridgehead atoms. The van der Waals surface area contributed by atoms with Crippen molar-refractivity contribution in [2.45, 2.75) is 19.3 Å². The molecule has 2 aromatic heterocycles. The van der Waals surface area contributed by atoms with Crippen LogP contribution in [0.5, 0.6) is 0 Å². The highest BCUT2D eigenvalue weighted by molar-refractivity contribution is 6.34. The van der Waals surface area contributed by atoms with Gasteiger partial charge in [-0.25, -0.2) is 4.68 Å². The van der Waals surface area contributed by atoms with E-state index in [9.17, 15) is 0 Å². The van der Waals surface area contributed by atoms with Crippen molar-refractivity contribution in [2.75, 3.05) is 11.9 Å². The molecule has 0 unspecified atom stereocenters. The van der Waals surface area contributed by atoms with Crippen LogP contribution in [0.3, 0.4) is 0 Å². The van der Waals surface area contributed by atoms with Crippen LogP contribution in [-0.4, -0.2) is 26.3 Å². The van der Waals surface area contributed by atoms with Gasteiger partial charge in [0.05, 0.1) is 16.9 Å². The van der Waals surface area contributed by atoms with Crippen LogP contribution >= 0.6 is 23.2 Å². The van der Waals surface area contributed by atoms with Crippen LogP contribution in [0.25, 0.3) is 17.1 Å². The molecule has 0 aliphatic carbocycles. The normalized spacial score (nSPS) is 13.9. The average Bonchev–Trinajstić information content (AvgIpc) is 2.79. The Hall–Kier alpha value is -2.11. The molecule has 1 aliphatic heterocycles. The first-order valence-corrected chi connectivity index (χ1v) is 8.57. The predicted octanol–water partition coefficient (Wildman–Crippen LogP) is 4.38. The number of fused-ring (bicyclic) bond motifs is 1. The van der Waals surface area contributed by atoms with Crippen molar-refractivity contribution in [3.8, 4) is 17.1 Å². The highest BCUT2D eigenvalue weighted by atomic mass is 35.5. The highest BCUT2D eigenvalue weighted by Gasteiger charge is 2.23. The molecule has 0 atom stereocenters. The fraction of sp³-hybridized carbons (Fsp3) is 0.235. The van der Waals surface area contributed by atoms with E-state index in [0.29, 0.717) is 10.0 Å². The third-order valence-electron chi connectivity index (χ3n) is 4.07. The lowest BCUT2D eigenvalue weighted by Crippen LogP contribution is -2.07. The van der Waals surface area contributed by atoms with Gasteiger partial charge in [0.25, 0.3) is 0 Å². The molecule has 4 rings (SSSR count). The summed E-state index contributed by atoms with van der Waals surface area (Å²) in [4.78, 5) is 8.58. The molecule has 3 aromatic rings. The summed E-state index contributed by atoms with van der Waals surface area (Å²) in [5, 5.41) is 9.48. The molecule has 0 radical (unpaired) electrons. The van der Waals surface area contributed by atoms with Gasteiger partial charge >= 0.3 is 0 Å². The van der Waals surface area contributed by atoms with Gasteiger partial charge in [0.1, 0.15) is 17.2 Å². The minimum Gasteiger partial charge on any atom is -0.370 e. The maximum Gasteiger partial charge on any atom is 0.133 e. The lowest BCUT2D eigenvalue weighted by molar-refractivity contribution is 0.779. The van der Waals surface area contributed by atoms with Crippen LogP contribution in [-0.2, 0) is 6.42 Å². The van der Waals surface area contributed by atoms with E-state index in [4.69, 9.17) is 28.3 Å². The number of anilines is 1. The molecule has 24 heavy (non-hydrogen) atoms. The summed E-state index contributed by atoms with van der Waals surface area (Å²) in [6.45, 7) is 0.900. The summed E-state index contributed by atoms with van der Waals surface area (Å²) in [5.74, 6) is 0.956. The van der Waals surface area contributed by atoms with E-state index in [2.05, 4.69) is 15.3 Å². The molecule has 0 saturated heterocycles. The highest BCUT2D eigenvalue weighted by Crippen LogP contribution is 2.35. The molecular weight excluding hydrogens is 345 g/mol. The van der Waals surface area contributed by atoms with Gasteiger partial charge in [-0.15, -0.1) is 0 Å². The van der Waals surface area contributed by atoms with Crippen LogP contribution in [0.15, 0.2) is 36.8 Å². The number of hydrogen-bond acceptors (Lipinski definition) is 4. The first-order chi connectivity index (χ1) is 11.7. The van der Waals surface area contributed by atoms with Crippen LogP contribution in [0.4, 0.5) is 5.82 Å². The SMILES string of the molecule is Clc1ccc(Cl)c(-n2nc(-c3cnccn3)c3c2NCCCC3)c1. The lowest BCUT2D eigenvalue weighted by Gasteiger charge is -2.11. The van der Waals surface area contributed by atoms with E-state index in [1.54, 1.807) is 30.7 Å². The average molecular weight is 360 g/mol. The van der Waals surface area contributed by atoms with Crippen LogP contribution in [0.1, 0.15) is 18.4 Å². The number of benzene rings is 1. The monoisotopic (exact) mass is 359 g/mol. The van der Waals surface area contributed by atoms with Crippen LogP contribution < -0.4 is 5.32 Å². The Morgan fingerprint density at radius 1 is 1.12 bits per heavy atom. The fourth-order valence-corrected chi connectivity index (χ4v) is 3.32. The van der Waals surface area contributed by atoms with Crippen molar-refractivity contribution in [3.05, 3.63) is 52.4 Å². The van der Waals surface area contributed by atoms with Crippen molar-refractivity contribution in [3.63, 3.8) is 0 Å². The number of hydrogen-bond donors (Lipinski definition) is 1. The van der Waals surface area contributed by atoms with Gasteiger partial charge in [-0.05, 0) is 37.5 Å². The van der Waals surface area contributed by atoms with Crippen LogP contribution in [0.2, 0.25) is 10.0 Å². The van der Waals surface area contributed by atoms with E-state index in [1.165, 1.54) is 0 Å². The summed E-state index contributed by atoms with van der Waals surface area (Å²) < 4.78 is 1.83. The molecule has 0 saturated carbocycles. The Bertz CT molecular complexity index is 876. The summed E-state index contributed by atoms with van der Waals surface area (Å²) in [5.41, 5.74) is 3.49. The smallest absolute Gasteiger partial charge is 0.133 e. The first-order valence-electron chi connectivity index (χ1n) is 7.81. The molecule has 1 N–H and O–H groups in total. The van der Waals surface area contributed by atoms with E-state index in [0.717, 1.165) is 54.3 Å². The molecule has 5 nitrogen and oxygen atoms in total. The third-order valence-corrected chi connectivity index (χ3v) is 4.63. The Morgan fingerprint density at radius 3 is 2.88 bits per heavy atom. The fourth-order valence-electron chi connectivity index (χ4n) is 2.95. The lowest BCUT2D eigenvalue weighted by atomic mass is 10.1. The molecule has 0 amide bonds. The van der Waals surface area contributed by atoms with Crippen molar-refractivity contribution in [1.29, 1.82) is 0 Å². The zero-order valence-electron chi connectivity index (χ0n) is 12.8. The van der Waals surface area contributed by atoms with Crippen molar-refractivity contribution < 1.29 is 0 Å². The van der Waals surface area contributed by atoms with Gasteiger partial charge in [-0.2, -0.15) is 5.10 Å². The van der Waals surface area contributed by atoms with E-state index < -0.39 is 0 Å². The van der Waals surface area contributed by atoms with Crippen molar-refractivity contribution >= 4 is 29.0 Å². The van der Waals surface area contributed by atoms with Crippen LogP contribution in [0, 0.1) is 0 Å². The Balaban J connectivity index is 1.95. The Kier molecular flexibility index (Phi) is 4.12. The zero-order chi connectivity index (χ0) is 16.5.